The molecule has 148 valence electrons. The first-order valence-electron chi connectivity index (χ1n) is 8.51. The molecule has 1 atom stereocenters. The smallest absolute Gasteiger partial charge is 0.375 e. The molecule has 28 heavy (non-hydrogen) atoms. The first-order chi connectivity index (χ1) is 13.1. The van der Waals surface area contributed by atoms with Gasteiger partial charge in [0, 0.05) is 17.9 Å². The van der Waals surface area contributed by atoms with Crippen LogP contribution in [0.1, 0.15) is 24.5 Å². The Bertz CT molecular complexity index is 1090. The first-order valence-corrected chi connectivity index (χ1v) is 10.4. The summed E-state index contributed by atoms with van der Waals surface area (Å²) in [5, 5.41) is 0. The van der Waals surface area contributed by atoms with E-state index in [0.29, 0.717) is 6.42 Å². The third-order valence-corrected chi connectivity index (χ3v) is 5.46. The molecule has 1 heterocycles. The van der Waals surface area contributed by atoms with Gasteiger partial charge in [0.05, 0.1) is 10.5 Å². The average molecular weight is 408 g/mol. The van der Waals surface area contributed by atoms with E-state index in [1.807, 2.05) is 0 Å². The van der Waals surface area contributed by atoms with Crippen molar-refractivity contribution in [1.82, 2.24) is 0 Å². The molecule has 0 spiro atoms. The van der Waals surface area contributed by atoms with Gasteiger partial charge < -0.3 is 9.47 Å². The third kappa shape index (κ3) is 3.77. The molecule has 2 aromatic rings. The van der Waals surface area contributed by atoms with Gasteiger partial charge in [-0.3, -0.25) is 0 Å². The van der Waals surface area contributed by atoms with Gasteiger partial charge >= 0.3 is 5.97 Å². The number of hydrogen-bond acceptors (Lipinski definition) is 5. The lowest BCUT2D eigenvalue weighted by Gasteiger charge is -2.16. The standard InChI is InChI=1S/C20H18F2O5S/c1-4-16-18(13-9-11(2)5-8-17(13)28(3,24)25)19(20(23)27-16)26-12-6-7-14(21)15(22)10-12/h5-10,16H,4H2,1-3H3/t16-/m1/s1. The van der Waals surface area contributed by atoms with Crippen molar-refractivity contribution < 1.29 is 31.5 Å². The number of carbonyl (C=O) groups excluding carboxylic acids is 1. The Labute approximate surface area is 161 Å². The quantitative estimate of drug-likeness (QED) is 0.704. The number of ether oxygens (including phenoxy) is 2. The van der Waals surface area contributed by atoms with Gasteiger partial charge in [0.1, 0.15) is 11.9 Å². The zero-order valence-electron chi connectivity index (χ0n) is 15.5. The second-order valence-corrected chi connectivity index (χ2v) is 8.48. The molecule has 1 aliphatic rings. The van der Waals surface area contributed by atoms with Crippen molar-refractivity contribution in [3.8, 4) is 5.75 Å². The van der Waals surface area contributed by atoms with E-state index >= 15 is 0 Å². The van der Waals surface area contributed by atoms with Crippen molar-refractivity contribution in [3.63, 3.8) is 0 Å². The summed E-state index contributed by atoms with van der Waals surface area (Å²) in [7, 11) is -3.61. The number of sulfone groups is 1. The lowest BCUT2D eigenvalue weighted by Crippen LogP contribution is -2.12. The lowest BCUT2D eigenvalue weighted by atomic mass is 9.97. The van der Waals surface area contributed by atoms with Crippen LogP contribution in [-0.2, 0) is 19.4 Å². The van der Waals surface area contributed by atoms with Crippen LogP contribution < -0.4 is 4.74 Å². The Kier molecular flexibility index (Phi) is 5.25. The number of halogens is 2. The van der Waals surface area contributed by atoms with Crippen LogP contribution in [0.2, 0.25) is 0 Å². The molecule has 0 aromatic heterocycles. The van der Waals surface area contributed by atoms with E-state index in [2.05, 4.69) is 0 Å². The van der Waals surface area contributed by atoms with Crippen LogP contribution in [0.3, 0.4) is 0 Å². The van der Waals surface area contributed by atoms with E-state index in [4.69, 9.17) is 9.47 Å². The van der Waals surface area contributed by atoms with E-state index in [-0.39, 0.29) is 27.5 Å². The van der Waals surface area contributed by atoms with E-state index in [9.17, 15) is 22.0 Å². The number of aryl methyl sites for hydroxylation is 1. The molecular weight excluding hydrogens is 390 g/mol. The molecule has 0 saturated carbocycles. The Morgan fingerprint density at radius 3 is 2.43 bits per heavy atom. The van der Waals surface area contributed by atoms with Crippen LogP contribution in [0.5, 0.6) is 5.75 Å². The molecule has 0 unspecified atom stereocenters. The number of benzene rings is 2. The number of rotatable bonds is 5. The fourth-order valence-corrected chi connectivity index (χ4v) is 3.90. The summed E-state index contributed by atoms with van der Waals surface area (Å²) in [6.45, 7) is 3.55. The molecular formula is C20H18F2O5S. The Morgan fingerprint density at radius 1 is 1.11 bits per heavy atom. The van der Waals surface area contributed by atoms with Crippen LogP contribution in [0.15, 0.2) is 47.1 Å². The van der Waals surface area contributed by atoms with Gasteiger partial charge in [-0.25, -0.2) is 22.0 Å². The van der Waals surface area contributed by atoms with Crippen molar-refractivity contribution in [2.45, 2.75) is 31.3 Å². The number of esters is 1. The highest BCUT2D eigenvalue weighted by atomic mass is 32.2. The molecule has 8 heteroatoms. The normalized spacial score (nSPS) is 17.0. The molecule has 0 N–H and O–H groups in total. The average Bonchev–Trinajstić information content (AvgIpc) is 2.92. The monoisotopic (exact) mass is 408 g/mol. The zero-order chi connectivity index (χ0) is 20.6. The molecule has 0 amide bonds. The summed E-state index contributed by atoms with van der Waals surface area (Å²) in [6, 6.07) is 7.58. The lowest BCUT2D eigenvalue weighted by molar-refractivity contribution is -0.141. The SMILES string of the molecule is CC[C@H]1OC(=O)C(Oc2ccc(F)c(F)c2)=C1c1cc(C)ccc1S(C)(=O)=O. The van der Waals surface area contributed by atoms with Crippen LogP contribution >= 0.6 is 0 Å². The van der Waals surface area contributed by atoms with E-state index in [1.54, 1.807) is 26.0 Å². The van der Waals surface area contributed by atoms with Gasteiger partial charge in [-0.1, -0.05) is 24.6 Å². The second kappa shape index (κ2) is 7.35. The van der Waals surface area contributed by atoms with Crippen LogP contribution in [0, 0.1) is 18.6 Å². The molecule has 0 bridgehead atoms. The highest BCUT2D eigenvalue weighted by Crippen LogP contribution is 2.38. The Hall–Kier alpha value is -2.74. The highest BCUT2D eigenvalue weighted by Gasteiger charge is 2.38. The molecule has 0 saturated heterocycles. The van der Waals surface area contributed by atoms with Crippen LogP contribution in [0.25, 0.3) is 5.57 Å². The molecule has 5 nitrogen and oxygen atoms in total. The third-order valence-electron chi connectivity index (χ3n) is 4.31. The second-order valence-electron chi connectivity index (χ2n) is 6.49. The summed E-state index contributed by atoms with van der Waals surface area (Å²) < 4.78 is 62.1. The predicted octanol–water partition coefficient (Wildman–Crippen LogP) is 3.80. The summed E-state index contributed by atoms with van der Waals surface area (Å²) in [4.78, 5) is 12.4. The zero-order valence-corrected chi connectivity index (χ0v) is 16.3. The van der Waals surface area contributed by atoms with Gasteiger partial charge in [-0.2, -0.15) is 0 Å². The van der Waals surface area contributed by atoms with Crippen molar-refractivity contribution in [3.05, 3.63) is 64.9 Å². The van der Waals surface area contributed by atoms with Gasteiger partial charge in [-0.15, -0.1) is 0 Å². The summed E-state index contributed by atoms with van der Waals surface area (Å²) >= 11 is 0. The van der Waals surface area contributed by atoms with Crippen LogP contribution in [0.4, 0.5) is 8.78 Å². The van der Waals surface area contributed by atoms with Crippen molar-refractivity contribution in [2.75, 3.05) is 6.26 Å². The van der Waals surface area contributed by atoms with Gasteiger partial charge in [-0.05, 0) is 31.5 Å². The minimum atomic E-state index is -3.61. The molecule has 3 rings (SSSR count). The Balaban J connectivity index is 2.22. The fraction of sp³-hybridized carbons (Fsp3) is 0.250. The minimum absolute atomic E-state index is 0.0243. The van der Waals surface area contributed by atoms with Gasteiger partial charge in [0.25, 0.3) is 0 Å². The largest absolute Gasteiger partial charge is 0.451 e. The fourth-order valence-electron chi connectivity index (χ4n) is 3.01. The summed E-state index contributed by atoms with van der Waals surface area (Å²) in [5.41, 5.74) is 1.33. The highest BCUT2D eigenvalue weighted by molar-refractivity contribution is 7.90. The maximum absolute atomic E-state index is 13.5. The predicted molar refractivity (Wildman–Crippen MR) is 98.4 cm³/mol. The molecule has 0 radical (unpaired) electrons. The van der Waals surface area contributed by atoms with Gasteiger partial charge in [0.15, 0.2) is 21.5 Å². The van der Waals surface area contributed by atoms with E-state index < -0.39 is 33.5 Å². The Morgan fingerprint density at radius 2 is 1.82 bits per heavy atom. The van der Waals surface area contributed by atoms with Crippen molar-refractivity contribution in [1.29, 1.82) is 0 Å². The molecule has 1 aliphatic heterocycles. The molecule has 0 fully saturated rings. The number of hydrogen-bond donors (Lipinski definition) is 0. The van der Waals surface area contributed by atoms with E-state index in [1.165, 1.54) is 12.1 Å². The van der Waals surface area contributed by atoms with Gasteiger partial charge in [0.2, 0.25) is 5.76 Å². The number of carbonyl (C=O) groups is 1. The van der Waals surface area contributed by atoms with Crippen LogP contribution in [-0.4, -0.2) is 26.7 Å². The first kappa shape index (κ1) is 20.0. The summed E-state index contributed by atoms with van der Waals surface area (Å²) in [5.74, 6) is -3.33. The maximum atomic E-state index is 13.5. The van der Waals surface area contributed by atoms with Crippen molar-refractivity contribution >= 4 is 21.4 Å². The number of cyclic esters (lactones) is 1. The maximum Gasteiger partial charge on any atom is 0.375 e. The minimum Gasteiger partial charge on any atom is -0.451 e. The summed E-state index contributed by atoms with van der Waals surface area (Å²) in [6.07, 6.45) is 0.717. The molecule has 2 aromatic carbocycles. The van der Waals surface area contributed by atoms with E-state index in [0.717, 1.165) is 24.0 Å². The van der Waals surface area contributed by atoms with Crippen molar-refractivity contribution in [2.24, 2.45) is 0 Å². The topological polar surface area (TPSA) is 69.7 Å². The molecule has 0 aliphatic carbocycles.